The Morgan fingerprint density at radius 1 is 1.33 bits per heavy atom. The number of aliphatic hydroxyl groups is 1. The van der Waals surface area contributed by atoms with E-state index in [0.29, 0.717) is 6.61 Å². The van der Waals surface area contributed by atoms with Crippen LogP contribution in [0.25, 0.3) is 0 Å². The highest BCUT2D eigenvalue weighted by Crippen LogP contribution is 2.10. The third-order valence-corrected chi connectivity index (χ3v) is 2.67. The minimum absolute atomic E-state index is 0.137. The Morgan fingerprint density at radius 3 is 2.80 bits per heavy atom. The molecule has 1 saturated heterocycles. The van der Waals surface area contributed by atoms with E-state index in [1.54, 1.807) is 0 Å². The normalized spacial score (nSPS) is 21.8. The van der Waals surface area contributed by atoms with Crippen molar-refractivity contribution in [2.75, 3.05) is 26.2 Å². The molecule has 1 heterocycles. The number of β-amino-alcohol motifs (C(OH)–C–C–N with tert-alkyl or cyclic N) is 1. The molecule has 3 nitrogen and oxygen atoms in total. The molecule has 1 aromatic carbocycles. The number of para-hydroxylation sites is 1. The highest BCUT2D eigenvalue weighted by molar-refractivity contribution is 5.20. The molecule has 1 unspecified atom stereocenters. The van der Waals surface area contributed by atoms with Gasteiger partial charge in [0.2, 0.25) is 0 Å². The molecule has 0 radical (unpaired) electrons. The van der Waals surface area contributed by atoms with Crippen LogP contribution in [0.5, 0.6) is 5.75 Å². The smallest absolute Gasteiger partial charge is 0.119 e. The number of likely N-dealkylation sites (tertiary alicyclic amines) is 1. The van der Waals surface area contributed by atoms with E-state index in [-0.39, 0.29) is 6.10 Å². The topological polar surface area (TPSA) is 32.7 Å². The summed E-state index contributed by atoms with van der Waals surface area (Å²) in [5, 5.41) is 9.33. The number of hydrogen-bond donors (Lipinski definition) is 1. The van der Waals surface area contributed by atoms with Crippen molar-refractivity contribution in [2.45, 2.75) is 12.5 Å². The van der Waals surface area contributed by atoms with Crippen molar-refractivity contribution in [1.82, 2.24) is 4.90 Å². The lowest BCUT2D eigenvalue weighted by atomic mass is 10.3. The molecule has 3 heteroatoms. The second-order valence-corrected chi connectivity index (χ2v) is 3.90. The maximum atomic E-state index is 9.33. The molecule has 1 aromatic rings. The van der Waals surface area contributed by atoms with Gasteiger partial charge in [0.25, 0.3) is 0 Å². The van der Waals surface area contributed by atoms with Gasteiger partial charge in [-0.1, -0.05) is 18.2 Å². The fraction of sp³-hybridized carbons (Fsp3) is 0.500. The minimum Gasteiger partial charge on any atom is -0.492 e. The van der Waals surface area contributed by atoms with Gasteiger partial charge >= 0.3 is 0 Å². The van der Waals surface area contributed by atoms with Crippen LogP contribution in [0.2, 0.25) is 0 Å². The molecule has 1 fully saturated rings. The van der Waals surface area contributed by atoms with E-state index in [0.717, 1.165) is 31.8 Å². The summed E-state index contributed by atoms with van der Waals surface area (Å²) in [5.41, 5.74) is 0. The van der Waals surface area contributed by atoms with Crippen LogP contribution in [0.1, 0.15) is 6.42 Å². The lowest BCUT2D eigenvalue weighted by molar-refractivity contribution is 0.167. The Hall–Kier alpha value is -1.06. The van der Waals surface area contributed by atoms with Crippen molar-refractivity contribution < 1.29 is 9.84 Å². The third-order valence-electron chi connectivity index (χ3n) is 2.67. The van der Waals surface area contributed by atoms with E-state index in [4.69, 9.17) is 4.74 Å². The van der Waals surface area contributed by atoms with E-state index in [1.165, 1.54) is 0 Å². The number of ether oxygens (including phenoxy) is 1. The molecule has 0 spiro atoms. The molecule has 0 aliphatic carbocycles. The molecule has 1 N–H and O–H groups in total. The van der Waals surface area contributed by atoms with E-state index in [9.17, 15) is 5.11 Å². The lowest BCUT2D eigenvalue weighted by Crippen LogP contribution is -2.27. The summed E-state index contributed by atoms with van der Waals surface area (Å²) < 4.78 is 5.58. The van der Waals surface area contributed by atoms with Gasteiger partial charge in [0.1, 0.15) is 12.4 Å². The van der Waals surface area contributed by atoms with Gasteiger partial charge in [-0.05, 0) is 18.6 Å². The summed E-state index contributed by atoms with van der Waals surface area (Å²) in [7, 11) is 0. The molecule has 15 heavy (non-hydrogen) atoms. The molecule has 1 aliphatic rings. The Bertz CT molecular complexity index is 289. The zero-order valence-corrected chi connectivity index (χ0v) is 8.80. The van der Waals surface area contributed by atoms with Crippen molar-refractivity contribution in [3.63, 3.8) is 0 Å². The van der Waals surface area contributed by atoms with Gasteiger partial charge in [-0.15, -0.1) is 0 Å². The van der Waals surface area contributed by atoms with Crippen LogP contribution in [0.4, 0.5) is 0 Å². The molecule has 0 amide bonds. The Morgan fingerprint density at radius 2 is 2.13 bits per heavy atom. The Labute approximate surface area is 90.3 Å². The third kappa shape index (κ3) is 3.22. The summed E-state index contributed by atoms with van der Waals surface area (Å²) in [4.78, 5) is 2.23. The molecule has 0 bridgehead atoms. The quantitative estimate of drug-likeness (QED) is 0.803. The molecular formula is C12H17NO2. The molecule has 0 aromatic heterocycles. The predicted octanol–water partition coefficient (Wildman–Crippen LogP) is 1.13. The minimum atomic E-state index is -0.137. The van der Waals surface area contributed by atoms with Crippen molar-refractivity contribution in [3.8, 4) is 5.75 Å². The first kappa shape index (κ1) is 10.5. The van der Waals surface area contributed by atoms with E-state index < -0.39 is 0 Å². The highest BCUT2D eigenvalue weighted by Gasteiger charge is 2.19. The average molecular weight is 207 g/mol. The molecule has 0 saturated carbocycles. The van der Waals surface area contributed by atoms with Crippen LogP contribution in [0.3, 0.4) is 0 Å². The molecule has 1 atom stereocenters. The summed E-state index contributed by atoms with van der Waals surface area (Å²) in [6, 6.07) is 9.82. The van der Waals surface area contributed by atoms with Gasteiger partial charge in [0.05, 0.1) is 6.10 Å². The monoisotopic (exact) mass is 207 g/mol. The van der Waals surface area contributed by atoms with Crippen molar-refractivity contribution in [3.05, 3.63) is 30.3 Å². The summed E-state index contributed by atoms with van der Waals surface area (Å²) in [6.45, 7) is 3.36. The summed E-state index contributed by atoms with van der Waals surface area (Å²) in [6.07, 6.45) is 0.757. The van der Waals surface area contributed by atoms with Gasteiger partial charge in [-0.25, -0.2) is 0 Å². The number of aliphatic hydroxyl groups excluding tert-OH is 1. The first-order valence-corrected chi connectivity index (χ1v) is 5.43. The predicted molar refractivity (Wildman–Crippen MR) is 59.0 cm³/mol. The Balaban J connectivity index is 1.67. The van der Waals surface area contributed by atoms with Gasteiger partial charge in [0.15, 0.2) is 0 Å². The van der Waals surface area contributed by atoms with Crippen LogP contribution in [-0.2, 0) is 0 Å². The largest absolute Gasteiger partial charge is 0.492 e. The molecule has 2 rings (SSSR count). The zero-order chi connectivity index (χ0) is 10.5. The van der Waals surface area contributed by atoms with Crippen LogP contribution in [-0.4, -0.2) is 42.4 Å². The maximum Gasteiger partial charge on any atom is 0.119 e. The molecule has 1 aliphatic heterocycles. The standard InChI is InChI=1S/C12H17NO2/c14-11-6-7-13(10-11)8-9-15-12-4-2-1-3-5-12/h1-5,11,14H,6-10H2. The Kier molecular flexibility index (Phi) is 3.59. The molecular weight excluding hydrogens is 190 g/mol. The number of nitrogens with zero attached hydrogens (tertiary/aromatic N) is 1. The number of rotatable bonds is 4. The van der Waals surface area contributed by atoms with Crippen LogP contribution < -0.4 is 4.74 Å². The van der Waals surface area contributed by atoms with E-state index in [2.05, 4.69) is 4.90 Å². The maximum absolute atomic E-state index is 9.33. The van der Waals surface area contributed by atoms with E-state index in [1.807, 2.05) is 30.3 Å². The summed E-state index contributed by atoms with van der Waals surface area (Å²) >= 11 is 0. The van der Waals surface area contributed by atoms with Crippen LogP contribution in [0, 0.1) is 0 Å². The fourth-order valence-corrected chi connectivity index (χ4v) is 1.82. The number of hydrogen-bond acceptors (Lipinski definition) is 3. The van der Waals surface area contributed by atoms with Gasteiger partial charge in [-0.3, -0.25) is 4.90 Å². The fourth-order valence-electron chi connectivity index (χ4n) is 1.82. The molecule has 82 valence electrons. The van der Waals surface area contributed by atoms with Crippen molar-refractivity contribution in [2.24, 2.45) is 0 Å². The summed E-state index contributed by atoms with van der Waals surface area (Å²) in [5.74, 6) is 0.914. The lowest BCUT2D eigenvalue weighted by Gasteiger charge is -2.15. The van der Waals surface area contributed by atoms with Crippen LogP contribution in [0.15, 0.2) is 30.3 Å². The number of benzene rings is 1. The van der Waals surface area contributed by atoms with Gasteiger partial charge in [0, 0.05) is 19.6 Å². The van der Waals surface area contributed by atoms with Crippen molar-refractivity contribution >= 4 is 0 Å². The second-order valence-electron chi connectivity index (χ2n) is 3.90. The first-order valence-electron chi connectivity index (χ1n) is 5.43. The van der Waals surface area contributed by atoms with Crippen LogP contribution >= 0.6 is 0 Å². The zero-order valence-electron chi connectivity index (χ0n) is 8.80. The second kappa shape index (κ2) is 5.14. The highest BCUT2D eigenvalue weighted by atomic mass is 16.5. The van der Waals surface area contributed by atoms with Gasteiger partial charge in [-0.2, -0.15) is 0 Å². The van der Waals surface area contributed by atoms with Crippen molar-refractivity contribution in [1.29, 1.82) is 0 Å². The van der Waals surface area contributed by atoms with E-state index >= 15 is 0 Å². The first-order chi connectivity index (χ1) is 7.34. The SMILES string of the molecule is OC1CCN(CCOc2ccccc2)C1. The van der Waals surface area contributed by atoms with Gasteiger partial charge < -0.3 is 9.84 Å². The average Bonchev–Trinajstić information content (AvgIpc) is 2.66.